The summed E-state index contributed by atoms with van der Waals surface area (Å²) in [7, 11) is 0. The van der Waals surface area contributed by atoms with Gasteiger partial charge in [-0.25, -0.2) is 0 Å². The zero-order valence-corrected chi connectivity index (χ0v) is 11.7. The normalized spacial score (nSPS) is 25.5. The highest BCUT2D eigenvalue weighted by molar-refractivity contribution is 5.88. The van der Waals surface area contributed by atoms with E-state index < -0.39 is 0 Å². The van der Waals surface area contributed by atoms with E-state index in [0.29, 0.717) is 17.9 Å². The Bertz CT molecular complexity index is 483. The quantitative estimate of drug-likeness (QED) is 0.884. The molecule has 2 aliphatic rings. The van der Waals surface area contributed by atoms with Gasteiger partial charge >= 0.3 is 0 Å². The van der Waals surface area contributed by atoms with Gasteiger partial charge in [0.15, 0.2) is 0 Å². The molecule has 3 heteroatoms. The minimum Gasteiger partial charge on any atom is -0.384 e. The van der Waals surface area contributed by atoms with Gasteiger partial charge in [0.1, 0.15) is 0 Å². The smallest absolute Gasteiger partial charge is 0.232 e. The number of likely N-dealkylation sites (tertiary alicyclic amines) is 1. The third-order valence-electron chi connectivity index (χ3n) is 4.48. The molecule has 3 nitrogen and oxygen atoms in total. The Kier molecular flexibility index (Phi) is 3.21. The summed E-state index contributed by atoms with van der Waals surface area (Å²) >= 11 is 0. The predicted molar refractivity (Wildman–Crippen MR) is 77.2 cm³/mol. The third kappa shape index (κ3) is 2.11. The van der Waals surface area contributed by atoms with Crippen LogP contribution in [0.4, 0.5) is 5.69 Å². The molecule has 2 atom stereocenters. The first-order valence-corrected chi connectivity index (χ1v) is 7.31. The maximum Gasteiger partial charge on any atom is 0.232 e. The molecule has 2 unspecified atom stereocenters. The molecule has 0 bridgehead atoms. The SMILES string of the molecule is CC(C)C1CCCN1C(=O)C1CNc2ccccc21. The first-order chi connectivity index (χ1) is 9.18. The van der Waals surface area contributed by atoms with Crippen LogP contribution in [0.5, 0.6) is 0 Å². The fourth-order valence-electron chi connectivity index (χ4n) is 3.46. The molecule has 0 spiro atoms. The number of amides is 1. The molecule has 0 aromatic heterocycles. The van der Waals surface area contributed by atoms with Crippen LogP contribution >= 0.6 is 0 Å². The number of benzene rings is 1. The van der Waals surface area contributed by atoms with E-state index >= 15 is 0 Å². The highest BCUT2D eigenvalue weighted by Crippen LogP contribution is 2.35. The van der Waals surface area contributed by atoms with Crippen LogP contribution in [-0.4, -0.2) is 29.9 Å². The number of carbonyl (C=O) groups excluding carboxylic acids is 1. The van der Waals surface area contributed by atoms with Crippen molar-refractivity contribution in [3.63, 3.8) is 0 Å². The molecule has 1 aromatic carbocycles. The molecule has 2 heterocycles. The van der Waals surface area contributed by atoms with Crippen LogP contribution in [0, 0.1) is 5.92 Å². The van der Waals surface area contributed by atoms with Gasteiger partial charge in [-0.3, -0.25) is 4.79 Å². The van der Waals surface area contributed by atoms with E-state index in [-0.39, 0.29) is 5.92 Å². The molecule has 1 amide bonds. The van der Waals surface area contributed by atoms with Crippen LogP contribution in [0.1, 0.15) is 38.2 Å². The summed E-state index contributed by atoms with van der Waals surface area (Å²) in [5, 5.41) is 3.35. The molecule has 0 radical (unpaired) electrons. The van der Waals surface area contributed by atoms with Crippen molar-refractivity contribution in [1.29, 1.82) is 0 Å². The van der Waals surface area contributed by atoms with Crippen molar-refractivity contribution < 1.29 is 4.79 Å². The lowest BCUT2D eigenvalue weighted by molar-refractivity contribution is -0.133. The summed E-state index contributed by atoms with van der Waals surface area (Å²) in [4.78, 5) is 14.9. The van der Waals surface area contributed by atoms with E-state index in [2.05, 4.69) is 36.2 Å². The van der Waals surface area contributed by atoms with E-state index in [1.165, 1.54) is 5.56 Å². The van der Waals surface area contributed by atoms with E-state index in [9.17, 15) is 4.79 Å². The zero-order valence-electron chi connectivity index (χ0n) is 11.7. The van der Waals surface area contributed by atoms with Gasteiger partial charge in [-0.05, 0) is 30.4 Å². The van der Waals surface area contributed by atoms with Gasteiger partial charge in [-0.2, -0.15) is 0 Å². The first kappa shape index (κ1) is 12.5. The Hall–Kier alpha value is -1.51. The van der Waals surface area contributed by atoms with E-state index in [0.717, 1.165) is 31.6 Å². The van der Waals surface area contributed by atoms with Gasteiger partial charge in [0.25, 0.3) is 0 Å². The second-order valence-corrected chi connectivity index (χ2v) is 6.01. The minimum atomic E-state index is 0.00977. The number of hydrogen-bond donors (Lipinski definition) is 1. The summed E-state index contributed by atoms with van der Waals surface area (Å²) in [6, 6.07) is 8.62. The number of hydrogen-bond acceptors (Lipinski definition) is 2. The molecule has 0 aliphatic carbocycles. The number of carbonyl (C=O) groups is 1. The van der Waals surface area contributed by atoms with Crippen molar-refractivity contribution in [2.75, 3.05) is 18.4 Å². The van der Waals surface area contributed by atoms with Crippen LogP contribution in [0.15, 0.2) is 24.3 Å². The molecule has 1 N–H and O–H groups in total. The lowest BCUT2D eigenvalue weighted by atomic mass is 9.97. The summed E-state index contributed by atoms with van der Waals surface area (Å²) < 4.78 is 0. The second kappa shape index (κ2) is 4.87. The van der Waals surface area contributed by atoms with E-state index in [1.54, 1.807) is 0 Å². The maximum absolute atomic E-state index is 12.8. The summed E-state index contributed by atoms with van der Waals surface area (Å²) in [6.45, 7) is 6.12. The van der Waals surface area contributed by atoms with Gasteiger partial charge in [-0.1, -0.05) is 32.0 Å². The molecule has 1 saturated heterocycles. The van der Waals surface area contributed by atoms with Gasteiger partial charge in [0, 0.05) is 24.8 Å². The molecular weight excluding hydrogens is 236 g/mol. The Balaban J connectivity index is 1.82. The highest BCUT2D eigenvalue weighted by atomic mass is 16.2. The molecule has 3 rings (SSSR count). The Morgan fingerprint density at radius 3 is 2.95 bits per heavy atom. The highest BCUT2D eigenvalue weighted by Gasteiger charge is 2.37. The van der Waals surface area contributed by atoms with Gasteiger partial charge < -0.3 is 10.2 Å². The molecule has 1 fully saturated rings. The Morgan fingerprint density at radius 2 is 2.16 bits per heavy atom. The largest absolute Gasteiger partial charge is 0.384 e. The van der Waals surface area contributed by atoms with Crippen LogP contribution < -0.4 is 5.32 Å². The average Bonchev–Trinajstić information content (AvgIpc) is 3.05. The zero-order chi connectivity index (χ0) is 13.4. The average molecular weight is 258 g/mol. The monoisotopic (exact) mass is 258 g/mol. The van der Waals surface area contributed by atoms with Crippen LogP contribution in [-0.2, 0) is 4.79 Å². The van der Waals surface area contributed by atoms with Crippen molar-refractivity contribution in [3.8, 4) is 0 Å². The van der Waals surface area contributed by atoms with Crippen LogP contribution in [0.25, 0.3) is 0 Å². The van der Waals surface area contributed by atoms with Gasteiger partial charge in [0.05, 0.1) is 5.92 Å². The standard InChI is InChI=1S/C16H22N2O/c1-11(2)15-8-5-9-18(15)16(19)13-10-17-14-7-4-3-6-12(13)14/h3-4,6-7,11,13,15,17H,5,8-10H2,1-2H3. The fourth-order valence-corrected chi connectivity index (χ4v) is 3.46. The van der Waals surface area contributed by atoms with Crippen molar-refractivity contribution >= 4 is 11.6 Å². The summed E-state index contributed by atoms with van der Waals surface area (Å²) in [5.41, 5.74) is 2.29. The van der Waals surface area contributed by atoms with E-state index in [1.807, 2.05) is 12.1 Å². The molecular formula is C16H22N2O. The molecule has 19 heavy (non-hydrogen) atoms. The number of nitrogens with zero attached hydrogens (tertiary/aromatic N) is 1. The lowest BCUT2D eigenvalue weighted by Crippen LogP contribution is -2.41. The first-order valence-electron chi connectivity index (χ1n) is 7.31. The third-order valence-corrected chi connectivity index (χ3v) is 4.48. The molecule has 0 saturated carbocycles. The topological polar surface area (TPSA) is 32.3 Å². The predicted octanol–water partition coefficient (Wildman–Crippen LogP) is 2.84. The van der Waals surface area contributed by atoms with Crippen molar-refractivity contribution in [1.82, 2.24) is 4.90 Å². The number of para-hydroxylation sites is 1. The van der Waals surface area contributed by atoms with Crippen LogP contribution in [0.2, 0.25) is 0 Å². The number of rotatable bonds is 2. The van der Waals surface area contributed by atoms with Gasteiger partial charge in [0.2, 0.25) is 5.91 Å². The maximum atomic E-state index is 12.8. The Labute approximate surface area is 115 Å². The fraction of sp³-hybridized carbons (Fsp3) is 0.562. The number of anilines is 1. The number of nitrogens with one attached hydrogen (secondary N) is 1. The van der Waals surface area contributed by atoms with Crippen molar-refractivity contribution in [3.05, 3.63) is 29.8 Å². The number of fused-ring (bicyclic) bond motifs is 1. The Morgan fingerprint density at radius 1 is 1.37 bits per heavy atom. The van der Waals surface area contributed by atoms with Crippen LogP contribution in [0.3, 0.4) is 0 Å². The molecule has 102 valence electrons. The van der Waals surface area contributed by atoms with Crippen molar-refractivity contribution in [2.24, 2.45) is 5.92 Å². The summed E-state index contributed by atoms with van der Waals surface area (Å²) in [5.74, 6) is 0.875. The minimum absolute atomic E-state index is 0.00977. The van der Waals surface area contributed by atoms with E-state index in [4.69, 9.17) is 0 Å². The molecule has 2 aliphatic heterocycles. The lowest BCUT2D eigenvalue weighted by Gasteiger charge is -2.30. The van der Waals surface area contributed by atoms with Crippen molar-refractivity contribution in [2.45, 2.75) is 38.6 Å². The summed E-state index contributed by atoms with van der Waals surface area (Å²) in [6.07, 6.45) is 2.31. The molecule has 1 aromatic rings. The second-order valence-electron chi connectivity index (χ2n) is 6.01. The van der Waals surface area contributed by atoms with Gasteiger partial charge in [-0.15, -0.1) is 0 Å².